The first-order valence-electron chi connectivity index (χ1n) is 11.6. The molecule has 0 spiro atoms. The van der Waals surface area contributed by atoms with E-state index in [0.717, 1.165) is 37.4 Å². The number of furan rings is 1. The van der Waals surface area contributed by atoms with Gasteiger partial charge in [-0.2, -0.15) is 0 Å². The summed E-state index contributed by atoms with van der Waals surface area (Å²) in [5.41, 5.74) is 3.51. The summed E-state index contributed by atoms with van der Waals surface area (Å²) in [6.07, 6.45) is 5.46. The molecule has 6 nitrogen and oxygen atoms in total. The van der Waals surface area contributed by atoms with E-state index in [1.165, 1.54) is 29.7 Å². The number of anilines is 1. The van der Waals surface area contributed by atoms with Gasteiger partial charge in [0.25, 0.3) is 5.56 Å². The van der Waals surface area contributed by atoms with Gasteiger partial charge in [-0.05, 0) is 80.9 Å². The van der Waals surface area contributed by atoms with Crippen LogP contribution in [-0.4, -0.2) is 41.9 Å². The highest BCUT2D eigenvalue weighted by atomic mass is 19.1. The van der Waals surface area contributed by atoms with Crippen LogP contribution >= 0.6 is 0 Å². The number of pyridine rings is 1. The van der Waals surface area contributed by atoms with Crippen molar-refractivity contribution < 1.29 is 8.81 Å². The Labute approximate surface area is 197 Å². The van der Waals surface area contributed by atoms with E-state index >= 15 is 0 Å². The second-order valence-corrected chi connectivity index (χ2v) is 8.75. The second kappa shape index (κ2) is 9.27. The number of hydrogen-bond acceptors (Lipinski definition) is 5. The first kappa shape index (κ1) is 22.1. The van der Waals surface area contributed by atoms with Crippen LogP contribution in [0.2, 0.25) is 0 Å². The van der Waals surface area contributed by atoms with Gasteiger partial charge in [-0.25, -0.2) is 4.39 Å². The Morgan fingerprint density at radius 3 is 2.71 bits per heavy atom. The Balaban J connectivity index is 1.43. The van der Waals surface area contributed by atoms with Gasteiger partial charge in [0, 0.05) is 42.4 Å². The molecule has 174 valence electrons. The lowest BCUT2D eigenvalue weighted by molar-refractivity contribution is 0.352. The Hall–Kier alpha value is -3.71. The molecule has 1 fully saturated rings. The number of rotatable bonds is 7. The molecule has 3 heterocycles. The predicted molar refractivity (Wildman–Crippen MR) is 134 cm³/mol. The van der Waals surface area contributed by atoms with Crippen LogP contribution in [0.4, 0.5) is 10.1 Å². The topological polar surface area (TPSA) is 74.3 Å². The van der Waals surface area contributed by atoms with E-state index in [1.807, 2.05) is 31.2 Å². The minimum absolute atomic E-state index is 0.259. The molecule has 0 bridgehead atoms. The number of hydrogen-bond donors (Lipinski definition) is 2. The van der Waals surface area contributed by atoms with Crippen molar-refractivity contribution in [1.29, 1.82) is 5.41 Å². The Bertz CT molecular complexity index is 1420. The Kier molecular flexibility index (Phi) is 6.02. The van der Waals surface area contributed by atoms with Crippen molar-refractivity contribution in [3.05, 3.63) is 82.0 Å². The molecule has 1 aliphatic heterocycles. The van der Waals surface area contributed by atoms with E-state index in [2.05, 4.69) is 10.2 Å². The van der Waals surface area contributed by atoms with E-state index < -0.39 is 0 Å². The number of likely N-dealkylation sites (tertiary alicyclic amines) is 1. The van der Waals surface area contributed by atoms with Crippen LogP contribution < -0.4 is 10.9 Å². The van der Waals surface area contributed by atoms with Gasteiger partial charge in [0.2, 0.25) is 0 Å². The minimum atomic E-state index is -0.386. The molecule has 5 rings (SSSR count). The van der Waals surface area contributed by atoms with Crippen molar-refractivity contribution in [2.45, 2.75) is 19.8 Å². The van der Waals surface area contributed by atoms with Crippen molar-refractivity contribution >= 4 is 22.9 Å². The maximum absolute atomic E-state index is 14.4. The third-order valence-corrected chi connectivity index (χ3v) is 6.39. The largest absolute Gasteiger partial charge is 0.456 e. The zero-order valence-corrected chi connectivity index (χ0v) is 19.1. The predicted octanol–water partition coefficient (Wildman–Crippen LogP) is 5.20. The monoisotopic (exact) mass is 458 g/mol. The van der Waals surface area contributed by atoms with Crippen molar-refractivity contribution in [3.8, 4) is 17.0 Å². The van der Waals surface area contributed by atoms with Gasteiger partial charge in [0.15, 0.2) is 0 Å². The van der Waals surface area contributed by atoms with Gasteiger partial charge in [0.05, 0.1) is 10.9 Å². The Morgan fingerprint density at radius 1 is 1.12 bits per heavy atom. The average Bonchev–Trinajstić information content (AvgIpc) is 3.50. The summed E-state index contributed by atoms with van der Waals surface area (Å²) >= 11 is 0. The smallest absolute Gasteiger partial charge is 0.266 e. The number of benzene rings is 2. The summed E-state index contributed by atoms with van der Waals surface area (Å²) in [5.74, 6) is -0.0668. The molecule has 0 saturated carbocycles. The fourth-order valence-electron chi connectivity index (χ4n) is 4.53. The number of nitrogens with one attached hydrogen (secondary N) is 2. The van der Waals surface area contributed by atoms with Crippen molar-refractivity contribution in [2.24, 2.45) is 0 Å². The van der Waals surface area contributed by atoms with Crippen LogP contribution in [0.15, 0.2) is 63.9 Å². The van der Waals surface area contributed by atoms with Crippen molar-refractivity contribution in [2.75, 3.05) is 31.5 Å². The van der Waals surface area contributed by atoms with E-state index in [-0.39, 0.29) is 11.4 Å². The number of nitrogens with zero attached hydrogens (tertiary/aromatic N) is 2. The second-order valence-electron chi connectivity index (χ2n) is 8.75. The lowest BCUT2D eigenvalue weighted by atomic mass is 10.1. The summed E-state index contributed by atoms with van der Waals surface area (Å²) in [6, 6.07) is 13.8. The molecule has 0 radical (unpaired) electrons. The summed E-state index contributed by atoms with van der Waals surface area (Å²) in [6.45, 7) is 5.89. The highest BCUT2D eigenvalue weighted by Gasteiger charge is 2.15. The molecule has 2 aromatic carbocycles. The highest BCUT2D eigenvalue weighted by Crippen LogP contribution is 2.29. The molecule has 34 heavy (non-hydrogen) atoms. The number of halogens is 1. The van der Waals surface area contributed by atoms with E-state index in [0.29, 0.717) is 33.5 Å². The van der Waals surface area contributed by atoms with Gasteiger partial charge in [0.1, 0.15) is 17.2 Å². The van der Waals surface area contributed by atoms with E-state index in [1.54, 1.807) is 24.4 Å². The molecule has 2 N–H and O–H groups in total. The molecule has 4 aromatic rings. The fourth-order valence-corrected chi connectivity index (χ4v) is 4.53. The zero-order chi connectivity index (χ0) is 23.7. The molecule has 0 aliphatic carbocycles. The average molecular weight is 459 g/mol. The molecule has 7 heteroatoms. The minimum Gasteiger partial charge on any atom is -0.456 e. The van der Waals surface area contributed by atoms with Crippen LogP contribution in [0.1, 0.15) is 24.0 Å². The third kappa shape index (κ3) is 4.26. The van der Waals surface area contributed by atoms with Gasteiger partial charge in [-0.3, -0.25) is 9.36 Å². The van der Waals surface area contributed by atoms with Crippen LogP contribution in [0, 0.1) is 18.2 Å². The molecular formula is C27H27FN4O2. The maximum Gasteiger partial charge on any atom is 0.266 e. The molecule has 0 unspecified atom stereocenters. The molecule has 0 amide bonds. The van der Waals surface area contributed by atoms with Crippen LogP contribution in [-0.2, 0) is 0 Å². The highest BCUT2D eigenvalue weighted by molar-refractivity contribution is 5.87. The zero-order valence-electron chi connectivity index (χ0n) is 19.1. The van der Waals surface area contributed by atoms with Crippen LogP contribution in [0.5, 0.6) is 0 Å². The lowest BCUT2D eigenvalue weighted by Gasteiger charge is -2.17. The fraction of sp³-hybridized carbons (Fsp3) is 0.259. The maximum atomic E-state index is 14.4. The molecule has 1 saturated heterocycles. The van der Waals surface area contributed by atoms with Crippen molar-refractivity contribution in [3.63, 3.8) is 0 Å². The number of aryl methyl sites for hydroxylation is 1. The summed E-state index contributed by atoms with van der Waals surface area (Å²) in [5, 5.41) is 11.6. The number of aromatic nitrogens is 1. The molecular weight excluding hydrogens is 431 g/mol. The standard InChI is InChI=1S/C27H27FN4O2/c1-18-4-6-21(23(28)14-18)26-16-22-25(34-26)8-12-32(27(22)33)20-5-7-24(19(15-20)17-29)30-9-13-31-10-2-3-11-31/h4-8,12,14-17,29-30H,2-3,9-11,13H2,1H3. The summed E-state index contributed by atoms with van der Waals surface area (Å²) in [7, 11) is 0. The van der Waals surface area contributed by atoms with E-state index in [4.69, 9.17) is 9.83 Å². The van der Waals surface area contributed by atoms with Crippen LogP contribution in [0.25, 0.3) is 28.0 Å². The molecule has 1 aliphatic rings. The molecule has 2 aromatic heterocycles. The number of fused-ring (bicyclic) bond motifs is 1. The van der Waals surface area contributed by atoms with Crippen molar-refractivity contribution in [1.82, 2.24) is 9.47 Å². The van der Waals surface area contributed by atoms with Gasteiger partial charge in [-0.15, -0.1) is 0 Å². The Morgan fingerprint density at radius 2 is 1.94 bits per heavy atom. The quantitative estimate of drug-likeness (QED) is 0.373. The van der Waals surface area contributed by atoms with Crippen LogP contribution in [0.3, 0.4) is 0 Å². The lowest BCUT2D eigenvalue weighted by Crippen LogP contribution is -2.26. The van der Waals surface area contributed by atoms with E-state index in [9.17, 15) is 9.18 Å². The molecule has 0 atom stereocenters. The SMILES string of the molecule is Cc1ccc(-c2cc3c(=O)n(-c4ccc(NCCN5CCCC5)c(C=N)c4)ccc3o2)c(F)c1. The third-order valence-electron chi connectivity index (χ3n) is 6.39. The van der Waals surface area contributed by atoms with Gasteiger partial charge < -0.3 is 20.0 Å². The summed E-state index contributed by atoms with van der Waals surface area (Å²) in [4.78, 5) is 15.7. The first-order valence-corrected chi connectivity index (χ1v) is 11.6. The summed E-state index contributed by atoms with van der Waals surface area (Å²) < 4.78 is 21.7. The normalized spacial score (nSPS) is 14.1. The van der Waals surface area contributed by atoms with Gasteiger partial charge >= 0.3 is 0 Å². The van der Waals surface area contributed by atoms with Gasteiger partial charge in [-0.1, -0.05) is 6.07 Å². The first-order chi connectivity index (χ1) is 16.5.